The summed E-state index contributed by atoms with van der Waals surface area (Å²) in [6.45, 7) is 6.77. The van der Waals surface area contributed by atoms with E-state index in [0.717, 1.165) is 31.6 Å². The van der Waals surface area contributed by atoms with Crippen LogP contribution in [0.15, 0.2) is 103 Å². The number of imidazole rings is 1. The molecular weight excluding hydrogens is 1810 g/mol. The smallest absolute Gasteiger partial charge is 0.246 e. The normalized spacial score (nSPS) is 24.1. The highest BCUT2D eigenvalue weighted by atomic mass is 32.2. The Morgan fingerprint density at radius 1 is 0.526 bits per heavy atom. The molecule has 740 valence electrons. The second kappa shape index (κ2) is 50.3. The Labute approximate surface area is 800 Å². The SMILES string of the molecule is CCCC[C@H]1C(=O)N(C)[C@@H](CCCC)C(=O)N[C@@H](CCCNC(=N)N)C(=O)N[C@H](C(=O)NCC(N)=O)CSCC(=O)N[C@@H](Cc2cccc3[nH]ccc23)C(=O)N(C)[C@@H](C)C(=O)N[C@@H](CC(N)=O)C(=O)N2CCC[C@H]2C(=O)N[C@@H](Cc2cnc[nH]2)C(=O)N[C@@H](CC(C)C)C(=O)N2CCC[C@H]2C(=O)N[C@@H](Cc2c[nH]c3ccccc23)C(=O)N[C@@H](CO)C(=O)N[C@@H](Cc2csc3ccccc23)C(=O)N1C. The highest BCUT2D eigenvalue weighted by molar-refractivity contribution is 8.00. The number of carbonyl (C=O) groups excluding carboxylic acids is 17. The van der Waals surface area contributed by atoms with Crippen molar-refractivity contribution in [2.75, 3.05) is 65.4 Å². The zero-order chi connectivity index (χ0) is 99.4. The first kappa shape index (κ1) is 106. The molecule has 7 aromatic rings. The molecule has 4 aromatic heterocycles. The largest absolute Gasteiger partial charge is 0.394 e. The van der Waals surface area contributed by atoms with E-state index in [4.69, 9.17) is 22.6 Å². The number of unbranched alkanes of at least 4 members (excludes halogenated alkanes) is 2. The lowest BCUT2D eigenvalue weighted by atomic mass is 10.00. The molecule has 42 nitrogen and oxygen atoms in total. The number of likely N-dealkylation sites (N-methyl/N-ethyl adjacent to an activating group) is 3. The first-order valence-corrected chi connectivity index (χ1v) is 48.3. The molecule has 0 spiro atoms. The van der Waals surface area contributed by atoms with Crippen molar-refractivity contribution in [2.24, 2.45) is 23.1 Å². The van der Waals surface area contributed by atoms with Gasteiger partial charge in [0, 0.05) is 123 Å². The van der Waals surface area contributed by atoms with Gasteiger partial charge in [-0.25, -0.2) is 4.98 Å². The number of primary amides is 2. The van der Waals surface area contributed by atoms with Crippen molar-refractivity contribution in [3.05, 3.63) is 125 Å². The van der Waals surface area contributed by atoms with E-state index >= 15 is 52.7 Å². The summed E-state index contributed by atoms with van der Waals surface area (Å²) < 4.78 is 0.829. The molecule has 22 N–H and O–H groups in total. The monoisotopic (exact) mass is 1930 g/mol. The van der Waals surface area contributed by atoms with Crippen LogP contribution >= 0.6 is 23.1 Å². The van der Waals surface area contributed by atoms with Crippen molar-refractivity contribution in [3.8, 4) is 0 Å². The molecular formula is C93H128N24O18S2. The summed E-state index contributed by atoms with van der Waals surface area (Å²) >= 11 is 2.16. The second-order valence-electron chi connectivity index (χ2n) is 35.4. The van der Waals surface area contributed by atoms with Gasteiger partial charge in [0.15, 0.2) is 5.96 Å². The Morgan fingerprint density at radius 2 is 1.07 bits per heavy atom. The number of H-pyrrole nitrogens is 3. The van der Waals surface area contributed by atoms with E-state index in [2.05, 4.69) is 78.4 Å². The number of para-hydroxylation sites is 1. The fourth-order valence-corrected chi connectivity index (χ4v) is 19.2. The van der Waals surface area contributed by atoms with Crippen LogP contribution in [0.4, 0.5) is 0 Å². The maximum Gasteiger partial charge on any atom is 0.246 e. The minimum Gasteiger partial charge on any atom is -0.394 e. The van der Waals surface area contributed by atoms with Crippen LogP contribution in [0.25, 0.3) is 31.9 Å². The predicted octanol–water partition coefficient (Wildman–Crippen LogP) is -0.391. The number of aliphatic hydroxyl groups is 1. The number of fused-ring (bicyclic) bond motifs is 5. The number of guanidine groups is 1. The quantitative estimate of drug-likeness (QED) is 0.0186. The number of nitrogens with one attached hydrogen (secondary N) is 15. The molecule has 137 heavy (non-hydrogen) atoms. The third kappa shape index (κ3) is 28.6. The molecule has 10 rings (SSSR count). The van der Waals surface area contributed by atoms with E-state index in [9.17, 15) is 33.9 Å². The Morgan fingerprint density at radius 3 is 1.72 bits per heavy atom. The van der Waals surface area contributed by atoms with Crippen molar-refractivity contribution in [1.29, 1.82) is 5.41 Å². The number of thioether (sulfide) groups is 1. The van der Waals surface area contributed by atoms with Crippen LogP contribution < -0.4 is 75.7 Å². The lowest BCUT2D eigenvalue weighted by Gasteiger charge is -2.36. The third-order valence-electron chi connectivity index (χ3n) is 24.9. The van der Waals surface area contributed by atoms with Crippen molar-refractivity contribution >= 4 is 161 Å². The minimum absolute atomic E-state index is 0.0000715. The number of benzene rings is 3. The number of carbonyl (C=O) groups is 17. The number of hydrogen-bond acceptors (Lipinski definition) is 22. The van der Waals surface area contributed by atoms with Crippen molar-refractivity contribution in [1.82, 2.24) is 103 Å². The van der Waals surface area contributed by atoms with Gasteiger partial charge in [0.05, 0.1) is 31.7 Å². The number of aromatic nitrogens is 4. The number of hydrogen-bond donors (Lipinski definition) is 19. The lowest BCUT2D eigenvalue weighted by molar-refractivity contribution is -0.149. The van der Waals surface area contributed by atoms with E-state index in [1.54, 1.807) is 80.8 Å². The summed E-state index contributed by atoms with van der Waals surface area (Å²) in [4.78, 5) is 271. The predicted molar refractivity (Wildman–Crippen MR) is 512 cm³/mol. The summed E-state index contributed by atoms with van der Waals surface area (Å²) in [6, 6.07) is 0.455. The summed E-state index contributed by atoms with van der Waals surface area (Å²) in [7, 11) is 4.01. The maximum atomic E-state index is 15.8. The number of rotatable bonds is 26. The first-order chi connectivity index (χ1) is 65.5. The molecule has 14 atom stereocenters. The highest BCUT2D eigenvalue weighted by Crippen LogP contribution is 2.30. The summed E-state index contributed by atoms with van der Waals surface area (Å²) in [5.41, 5.74) is 20.3. The summed E-state index contributed by atoms with van der Waals surface area (Å²) in [6.07, 6.45) is 6.54. The molecule has 3 aliphatic heterocycles. The second-order valence-corrected chi connectivity index (χ2v) is 37.3. The number of thiophene rings is 1. The molecule has 44 heteroatoms. The minimum atomic E-state index is -1.84. The van der Waals surface area contributed by atoms with Crippen LogP contribution in [0.1, 0.15) is 147 Å². The van der Waals surface area contributed by atoms with E-state index in [1.165, 1.54) is 66.6 Å². The van der Waals surface area contributed by atoms with Crippen LogP contribution in [-0.2, 0) is 107 Å². The number of nitrogens with two attached hydrogens (primary N) is 3. The fourth-order valence-electron chi connectivity index (χ4n) is 17.4. The van der Waals surface area contributed by atoms with Gasteiger partial charge in [-0.3, -0.25) is 86.9 Å². The average molecular weight is 1930 g/mol. The number of nitrogens with zero attached hydrogens (tertiary/aromatic N) is 6. The first-order valence-electron chi connectivity index (χ1n) is 46.3. The molecule has 3 aromatic carbocycles. The molecule has 0 aliphatic carbocycles. The molecule has 0 bridgehead atoms. The van der Waals surface area contributed by atoms with Gasteiger partial charge in [0.1, 0.15) is 84.6 Å². The van der Waals surface area contributed by atoms with Crippen LogP contribution in [0.2, 0.25) is 0 Å². The van der Waals surface area contributed by atoms with Gasteiger partial charge >= 0.3 is 0 Å². The molecule has 7 heterocycles. The van der Waals surface area contributed by atoms with Crippen molar-refractivity contribution in [3.63, 3.8) is 0 Å². The molecule has 0 saturated carbocycles. The Bertz CT molecular complexity index is 5490. The lowest BCUT2D eigenvalue weighted by Crippen LogP contribution is -2.62. The van der Waals surface area contributed by atoms with Gasteiger partial charge in [-0.1, -0.05) is 102 Å². The van der Waals surface area contributed by atoms with E-state index in [1.807, 2.05) is 37.4 Å². The number of aliphatic hydroxyl groups excluding tert-OH is 1. The van der Waals surface area contributed by atoms with Crippen molar-refractivity contribution in [2.45, 2.75) is 235 Å². The zero-order valence-corrected chi connectivity index (χ0v) is 79.9. The summed E-state index contributed by atoms with van der Waals surface area (Å²) in [5, 5.41) is 52.7. The Kier molecular flexibility index (Phi) is 38.8. The van der Waals surface area contributed by atoms with Gasteiger partial charge in [-0.05, 0) is 122 Å². The van der Waals surface area contributed by atoms with Crippen molar-refractivity contribution < 1.29 is 86.6 Å². The average Bonchev–Trinajstić information content (AvgIpc) is 1.65. The van der Waals surface area contributed by atoms with Gasteiger partial charge in [0.25, 0.3) is 0 Å². The highest BCUT2D eigenvalue weighted by Gasteiger charge is 2.46. The number of aromatic amines is 3. The van der Waals surface area contributed by atoms with Gasteiger partial charge in [-0.2, -0.15) is 0 Å². The van der Waals surface area contributed by atoms with Gasteiger partial charge in [0.2, 0.25) is 100 Å². The van der Waals surface area contributed by atoms with Gasteiger partial charge < -0.3 is 120 Å². The molecule has 17 amide bonds. The third-order valence-corrected chi connectivity index (χ3v) is 27.0. The van der Waals surface area contributed by atoms with Crippen LogP contribution in [0, 0.1) is 11.3 Å². The van der Waals surface area contributed by atoms with E-state index in [0.29, 0.717) is 69.9 Å². The fraction of sp³-hybridized carbons (Fsp3) is 0.516. The van der Waals surface area contributed by atoms with E-state index < -0.39 is 222 Å². The van der Waals surface area contributed by atoms with E-state index in [-0.39, 0.29) is 109 Å². The summed E-state index contributed by atoms with van der Waals surface area (Å²) in [5.74, 6) is -16.8. The molecule has 0 unspecified atom stereocenters. The number of amides is 17. The standard InChI is InChI=1S/C93H128N24O18S2/c1-9-11-27-71-85(128)105-62(26-18-33-100-93(96)97)81(124)112-70(80(123)102-45-77(95)120)48-136-49-78(121)104-66(38-53-21-17-25-60-58(53)32-34-99-60)88(131)113(6)52(5)79(122)108-68(42-76(94)119)91(134)117-36-20-30-73(117)87(130)107-64(41-56-44-98-50-103-56)83(126)109-65(37-51(3)4)90(133)116-35-19-29-72(116)86(129)106-63(39-54-43-101-61-24-15-13-22-57(54)61)82(125)111-69(46-118)84(127)110-67(40-55-47-137-75-31-16-14-23-59(55)75)89(132)115(8)74(28-12-10-2)92(135)114(71)7/h13-17,21-25,31-32,34,43-44,47,50-52,62-74,99,101,118H,9-12,18-20,26-30,33,35-42,45-46,48-49H2,1-8H3,(H2,94,119)(H2,95,120)(H,98,103)(H,102,123)(H,104,121)(H,105,128)(H,106,129)(H,107,130)(H,108,122)(H,109,126)(H,110,127)(H,111,125)(H,112,124)(H4,96,97,100)/t52-,62-,63-,64-,65-,66-,67-,68-,69-,70-,71-,72-,73-,74-/m0/s1. The molecule has 3 saturated heterocycles. The zero-order valence-electron chi connectivity index (χ0n) is 78.3. The maximum absolute atomic E-state index is 15.8. The van der Waals surface area contributed by atoms with Crippen LogP contribution in [-0.4, -0.2) is 306 Å². The Balaban J connectivity index is 1.02. The Hall–Kier alpha value is -13.5. The molecule has 3 aliphatic rings. The van der Waals surface area contributed by atoms with Crippen LogP contribution in [0.3, 0.4) is 0 Å². The van der Waals surface area contributed by atoms with Gasteiger partial charge in [-0.15, -0.1) is 23.1 Å². The molecule has 0 radical (unpaired) electrons. The van der Waals surface area contributed by atoms with Crippen LogP contribution in [0.5, 0.6) is 0 Å². The molecule has 3 fully saturated rings. The topological polar surface area (TPSA) is 621 Å².